The molecular formula is C15H25NO2. The molecule has 0 amide bonds. The fourth-order valence-electron chi connectivity index (χ4n) is 2.16. The van der Waals surface area contributed by atoms with Crippen molar-refractivity contribution in [3.63, 3.8) is 0 Å². The van der Waals surface area contributed by atoms with E-state index < -0.39 is 0 Å². The summed E-state index contributed by atoms with van der Waals surface area (Å²) in [6.45, 7) is 7.95. The molecule has 102 valence electrons. The predicted octanol–water partition coefficient (Wildman–Crippen LogP) is 3.31. The van der Waals surface area contributed by atoms with Crippen LogP contribution in [-0.4, -0.2) is 19.8 Å². The first-order valence-electron chi connectivity index (χ1n) is 7.18. The van der Waals surface area contributed by atoms with Gasteiger partial charge in [-0.25, -0.2) is 0 Å². The molecule has 1 saturated carbocycles. The zero-order chi connectivity index (χ0) is 12.8. The molecule has 0 bridgehead atoms. The first kappa shape index (κ1) is 13.6. The normalized spacial score (nSPS) is 22.3. The van der Waals surface area contributed by atoms with Gasteiger partial charge in [0.05, 0.1) is 6.54 Å². The Labute approximate surface area is 110 Å². The average molecular weight is 251 g/mol. The molecule has 0 aromatic carbocycles. The Morgan fingerprint density at radius 3 is 2.94 bits per heavy atom. The second-order valence-corrected chi connectivity index (χ2v) is 5.27. The van der Waals surface area contributed by atoms with Gasteiger partial charge in [0.2, 0.25) is 0 Å². The van der Waals surface area contributed by atoms with E-state index in [1.807, 2.05) is 0 Å². The molecule has 2 unspecified atom stereocenters. The minimum Gasteiger partial charge on any atom is -0.464 e. The van der Waals surface area contributed by atoms with E-state index in [9.17, 15) is 0 Å². The Hall–Kier alpha value is -0.800. The molecule has 1 N–H and O–H groups in total. The maximum absolute atomic E-state index is 5.83. The zero-order valence-electron chi connectivity index (χ0n) is 11.6. The van der Waals surface area contributed by atoms with Crippen molar-refractivity contribution >= 4 is 0 Å². The van der Waals surface area contributed by atoms with E-state index in [0.717, 1.165) is 50.8 Å². The number of ether oxygens (including phenoxy) is 1. The Morgan fingerprint density at radius 1 is 1.39 bits per heavy atom. The number of furan rings is 1. The summed E-state index contributed by atoms with van der Waals surface area (Å²) in [5, 5.41) is 3.39. The fourth-order valence-corrected chi connectivity index (χ4v) is 2.16. The highest BCUT2D eigenvalue weighted by atomic mass is 16.5. The highest BCUT2D eigenvalue weighted by Gasteiger charge is 2.36. The number of hydrogen-bond donors (Lipinski definition) is 1. The highest BCUT2D eigenvalue weighted by Crippen LogP contribution is 2.47. The lowest BCUT2D eigenvalue weighted by Crippen LogP contribution is -2.16. The number of hydrogen-bond acceptors (Lipinski definition) is 3. The van der Waals surface area contributed by atoms with Gasteiger partial charge < -0.3 is 14.5 Å². The van der Waals surface area contributed by atoms with Gasteiger partial charge in [-0.05, 0) is 43.9 Å². The molecule has 0 saturated heterocycles. The van der Waals surface area contributed by atoms with Crippen LogP contribution in [0.4, 0.5) is 0 Å². The van der Waals surface area contributed by atoms with Crippen LogP contribution in [0.1, 0.15) is 50.5 Å². The smallest absolute Gasteiger partial charge is 0.117 e. The van der Waals surface area contributed by atoms with Gasteiger partial charge in [-0.2, -0.15) is 0 Å². The summed E-state index contributed by atoms with van der Waals surface area (Å²) in [6.07, 6.45) is 3.45. The van der Waals surface area contributed by atoms with E-state index >= 15 is 0 Å². The van der Waals surface area contributed by atoms with Crippen molar-refractivity contribution in [1.29, 1.82) is 0 Å². The van der Waals surface area contributed by atoms with Crippen LogP contribution in [0.5, 0.6) is 0 Å². The van der Waals surface area contributed by atoms with Gasteiger partial charge in [-0.15, -0.1) is 0 Å². The molecule has 0 radical (unpaired) electrons. The van der Waals surface area contributed by atoms with E-state index in [2.05, 4.69) is 31.3 Å². The molecule has 3 heteroatoms. The first-order valence-corrected chi connectivity index (χ1v) is 7.18. The Morgan fingerprint density at radius 2 is 2.22 bits per heavy atom. The highest BCUT2D eigenvalue weighted by molar-refractivity contribution is 5.17. The van der Waals surface area contributed by atoms with Crippen molar-refractivity contribution in [3.8, 4) is 0 Å². The summed E-state index contributed by atoms with van der Waals surface area (Å²) in [5.74, 6) is 3.72. The molecule has 3 nitrogen and oxygen atoms in total. The maximum atomic E-state index is 5.83. The van der Waals surface area contributed by atoms with Crippen LogP contribution in [0.15, 0.2) is 16.5 Å². The van der Waals surface area contributed by atoms with Crippen LogP contribution in [0, 0.1) is 5.92 Å². The van der Waals surface area contributed by atoms with Crippen LogP contribution < -0.4 is 5.32 Å². The molecular weight excluding hydrogens is 226 g/mol. The standard InChI is InChI=1S/C15H25NO2/c1-3-8-17-9-4-7-16-11-13-5-6-15(18-13)14-10-12(14)2/h5-6,12,14,16H,3-4,7-11H2,1-2H3. The second kappa shape index (κ2) is 6.95. The Bertz CT molecular complexity index is 348. The average Bonchev–Trinajstić information content (AvgIpc) is 2.91. The molecule has 1 aliphatic rings. The summed E-state index contributed by atoms with van der Waals surface area (Å²) in [6, 6.07) is 4.23. The van der Waals surface area contributed by atoms with E-state index in [4.69, 9.17) is 9.15 Å². The molecule has 2 rings (SSSR count). The molecule has 18 heavy (non-hydrogen) atoms. The topological polar surface area (TPSA) is 34.4 Å². The molecule has 1 aromatic rings. The lowest BCUT2D eigenvalue weighted by Gasteiger charge is -2.03. The Balaban J connectivity index is 1.55. The van der Waals surface area contributed by atoms with Crippen molar-refractivity contribution in [2.75, 3.05) is 19.8 Å². The van der Waals surface area contributed by atoms with Crippen LogP contribution >= 0.6 is 0 Å². The Kier molecular flexibility index (Phi) is 5.26. The minimum absolute atomic E-state index is 0.682. The van der Waals surface area contributed by atoms with Crippen molar-refractivity contribution in [1.82, 2.24) is 5.32 Å². The van der Waals surface area contributed by atoms with Crippen molar-refractivity contribution in [2.45, 2.75) is 45.6 Å². The molecule has 0 spiro atoms. The molecule has 0 aliphatic heterocycles. The minimum atomic E-state index is 0.682. The second-order valence-electron chi connectivity index (χ2n) is 5.27. The molecule has 1 aromatic heterocycles. The summed E-state index contributed by atoms with van der Waals surface area (Å²) in [7, 11) is 0. The maximum Gasteiger partial charge on any atom is 0.117 e. The van der Waals surface area contributed by atoms with Gasteiger partial charge in [-0.1, -0.05) is 13.8 Å². The summed E-state index contributed by atoms with van der Waals surface area (Å²) < 4.78 is 11.3. The van der Waals surface area contributed by atoms with Gasteiger partial charge in [0, 0.05) is 19.1 Å². The van der Waals surface area contributed by atoms with Gasteiger partial charge in [0.15, 0.2) is 0 Å². The van der Waals surface area contributed by atoms with Gasteiger partial charge >= 0.3 is 0 Å². The van der Waals surface area contributed by atoms with Crippen LogP contribution in [0.25, 0.3) is 0 Å². The van der Waals surface area contributed by atoms with Crippen LogP contribution in [0.3, 0.4) is 0 Å². The summed E-state index contributed by atoms with van der Waals surface area (Å²) in [4.78, 5) is 0. The lowest BCUT2D eigenvalue weighted by molar-refractivity contribution is 0.132. The van der Waals surface area contributed by atoms with E-state index in [1.165, 1.54) is 12.2 Å². The third-order valence-corrected chi connectivity index (χ3v) is 3.45. The van der Waals surface area contributed by atoms with Gasteiger partial charge in [-0.3, -0.25) is 0 Å². The molecule has 1 aliphatic carbocycles. The number of rotatable bonds is 9. The fraction of sp³-hybridized carbons (Fsp3) is 0.733. The van der Waals surface area contributed by atoms with Crippen molar-refractivity contribution in [2.24, 2.45) is 5.92 Å². The van der Waals surface area contributed by atoms with E-state index in [1.54, 1.807) is 0 Å². The van der Waals surface area contributed by atoms with Crippen molar-refractivity contribution in [3.05, 3.63) is 23.7 Å². The van der Waals surface area contributed by atoms with Gasteiger partial charge in [0.25, 0.3) is 0 Å². The molecule has 2 atom stereocenters. The third kappa shape index (κ3) is 4.14. The SMILES string of the molecule is CCCOCCCNCc1ccc(C2CC2C)o1. The predicted molar refractivity (Wildman–Crippen MR) is 72.7 cm³/mol. The van der Waals surface area contributed by atoms with Crippen LogP contribution in [0.2, 0.25) is 0 Å². The third-order valence-electron chi connectivity index (χ3n) is 3.45. The lowest BCUT2D eigenvalue weighted by atomic mass is 10.3. The largest absolute Gasteiger partial charge is 0.464 e. The molecule has 1 fully saturated rings. The van der Waals surface area contributed by atoms with E-state index in [-0.39, 0.29) is 0 Å². The summed E-state index contributed by atoms with van der Waals surface area (Å²) in [5.41, 5.74) is 0. The number of nitrogens with one attached hydrogen (secondary N) is 1. The van der Waals surface area contributed by atoms with E-state index in [0.29, 0.717) is 5.92 Å². The summed E-state index contributed by atoms with van der Waals surface area (Å²) >= 11 is 0. The monoisotopic (exact) mass is 251 g/mol. The van der Waals surface area contributed by atoms with Crippen LogP contribution in [-0.2, 0) is 11.3 Å². The zero-order valence-corrected chi connectivity index (χ0v) is 11.6. The van der Waals surface area contributed by atoms with Gasteiger partial charge in [0.1, 0.15) is 11.5 Å². The first-order chi connectivity index (χ1) is 8.81. The molecule has 1 heterocycles. The quantitative estimate of drug-likeness (QED) is 0.684. The van der Waals surface area contributed by atoms with Crippen molar-refractivity contribution < 1.29 is 9.15 Å².